The highest BCUT2D eigenvalue weighted by Crippen LogP contribution is 2.26. The molecule has 6 nitrogen and oxygen atoms in total. The number of nitrogens with one attached hydrogen (secondary N) is 2. The number of nitrogens with zero attached hydrogens (tertiary/aromatic N) is 3. The number of nitriles is 1. The van der Waals surface area contributed by atoms with Crippen molar-refractivity contribution >= 4 is 28.8 Å². The molecule has 0 spiro atoms. The lowest BCUT2D eigenvalue weighted by Gasteiger charge is -2.34. The molecule has 156 valence electrons. The second-order valence-electron chi connectivity index (χ2n) is 7.99. The maximum absolute atomic E-state index is 13.4. The molecule has 30 heavy (non-hydrogen) atoms. The average Bonchev–Trinajstić information content (AvgIpc) is 3.42. The Morgan fingerprint density at radius 2 is 2.27 bits per heavy atom. The van der Waals surface area contributed by atoms with Crippen LogP contribution in [0.3, 0.4) is 0 Å². The first-order valence-electron chi connectivity index (χ1n) is 10.5. The lowest BCUT2D eigenvalue weighted by molar-refractivity contribution is -0.134. The molecule has 0 radical (unpaired) electrons. The van der Waals surface area contributed by atoms with E-state index in [9.17, 15) is 10.1 Å². The van der Waals surface area contributed by atoms with Crippen molar-refractivity contribution in [1.82, 2.24) is 19.2 Å². The van der Waals surface area contributed by atoms with Crippen LogP contribution in [-0.2, 0) is 11.3 Å². The van der Waals surface area contributed by atoms with Gasteiger partial charge in [0.05, 0.1) is 6.04 Å². The Morgan fingerprint density at radius 1 is 1.37 bits per heavy atom. The van der Waals surface area contributed by atoms with E-state index in [4.69, 9.17) is 0 Å². The second-order valence-corrected chi connectivity index (χ2v) is 8.87. The monoisotopic (exact) mass is 421 g/mol. The molecule has 0 aliphatic carbocycles. The molecule has 2 N–H and O–H groups in total. The number of carbonyl (C=O) groups excluding carboxylic acids is 1. The molecule has 1 fully saturated rings. The summed E-state index contributed by atoms with van der Waals surface area (Å²) in [4.78, 5) is 19.7. The number of H-pyrrole nitrogens is 1. The number of aromatic nitrogens is 2. The molecule has 0 bridgehead atoms. The number of likely N-dealkylation sites (tertiary alicyclic amines) is 1. The lowest BCUT2D eigenvalue weighted by Crippen LogP contribution is -2.48. The molecule has 2 unspecified atom stereocenters. The van der Waals surface area contributed by atoms with E-state index in [1.165, 1.54) is 18.4 Å². The molecular formula is C23H27N5OS. The maximum atomic E-state index is 13.4. The van der Waals surface area contributed by atoms with Crippen LogP contribution >= 0.6 is 11.9 Å². The van der Waals surface area contributed by atoms with E-state index < -0.39 is 0 Å². The Kier molecular flexibility index (Phi) is 6.46. The number of rotatable bonds is 7. The number of aryl methyl sites for hydroxylation is 1. The fourth-order valence-electron chi connectivity index (χ4n) is 4.10. The first-order valence-corrected chi connectivity index (χ1v) is 11.3. The second kappa shape index (κ2) is 9.41. The molecule has 2 atom stereocenters. The van der Waals surface area contributed by atoms with Gasteiger partial charge in [0, 0.05) is 47.8 Å². The van der Waals surface area contributed by atoms with E-state index in [1.54, 1.807) is 6.07 Å². The normalized spacial score (nSPS) is 17.7. The number of hydrogen-bond donors (Lipinski definition) is 2. The summed E-state index contributed by atoms with van der Waals surface area (Å²) in [6.07, 6.45) is 6.70. The zero-order valence-electron chi connectivity index (χ0n) is 17.2. The van der Waals surface area contributed by atoms with E-state index in [2.05, 4.69) is 34.8 Å². The number of fused-ring (bicyclic) bond motifs is 1. The van der Waals surface area contributed by atoms with Gasteiger partial charge in [-0.05, 0) is 67.5 Å². The minimum absolute atomic E-state index is 0.154. The third-order valence-corrected chi connectivity index (χ3v) is 6.71. The summed E-state index contributed by atoms with van der Waals surface area (Å²) >= 11 is 1.51. The molecule has 0 saturated carbocycles. The van der Waals surface area contributed by atoms with Gasteiger partial charge in [0.25, 0.3) is 0 Å². The Bertz CT molecular complexity index is 1050. The van der Waals surface area contributed by atoms with Crippen molar-refractivity contribution in [2.75, 3.05) is 13.1 Å². The first-order chi connectivity index (χ1) is 14.7. The molecular weight excluding hydrogens is 394 g/mol. The van der Waals surface area contributed by atoms with Gasteiger partial charge in [0.2, 0.25) is 5.91 Å². The summed E-state index contributed by atoms with van der Waals surface area (Å²) in [5, 5.41) is 10.4. The zero-order chi connectivity index (χ0) is 20.9. The number of piperidine rings is 1. The molecule has 2 aromatic heterocycles. The summed E-state index contributed by atoms with van der Waals surface area (Å²) < 4.78 is 5.36. The van der Waals surface area contributed by atoms with Gasteiger partial charge in [0.1, 0.15) is 11.8 Å². The molecule has 1 amide bonds. The number of amides is 1. The summed E-state index contributed by atoms with van der Waals surface area (Å²) in [6, 6.07) is 13.8. The van der Waals surface area contributed by atoms with Crippen LogP contribution in [0.15, 0.2) is 53.7 Å². The Balaban J connectivity index is 1.49. The Morgan fingerprint density at radius 3 is 3.10 bits per heavy atom. The van der Waals surface area contributed by atoms with Crippen molar-refractivity contribution < 1.29 is 4.79 Å². The number of benzene rings is 1. The van der Waals surface area contributed by atoms with E-state index in [0.717, 1.165) is 35.3 Å². The minimum atomic E-state index is -0.316. The van der Waals surface area contributed by atoms with E-state index in [1.807, 2.05) is 40.1 Å². The van der Waals surface area contributed by atoms with E-state index in [0.29, 0.717) is 24.6 Å². The molecule has 1 saturated heterocycles. The highest BCUT2D eigenvalue weighted by molar-refractivity contribution is 7.97. The standard InChI is InChI=1S/C23H27N5OS/c1-17-5-3-13-28(16-17)23(29)21(10-14-27-12-4-6-18(27)15-24)26-30-22-8-2-7-20-19(22)9-11-25-20/h2,4,6-9,11-12,17,21,25-26H,3,5,10,13-14,16H2,1H3. The average molecular weight is 422 g/mol. The predicted octanol–water partition coefficient (Wildman–Crippen LogP) is 4.16. The minimum Gasteiger partial charge on any atom is -0.361 e. The molecule has 1 aliphatic heterocycles. The quantitative estimate of drug-likeness (QED) is 0.562. The van der Waals surface area contributed by atoms with Crippen LogP contribution in [-0.4, -0.2) is 39.5 Å². The van der Waals surface area contributed by atoms with Gasteiger partial charge in [-0.2, -0.15) is 5.26 Å². The number of aromatic amines is 1. The van der Waals surface area contributed by atoms with Crippen LogP contribution in [0.4, 0.5) is 0 Å². The maximum Gasteiger partial charge on any atom is 0.240 e. The first kappa shape index (κ1) is 20.6. The van der Waals surface area contributed by atoms with E-state index >= 15 is 0 Å². The van der Waals surface area contributed by atoms with Crippen LogP contribution in [0, 0.1) is 17.2 Å². The van der Waals surface area contributed by atoms with Crippen molar-refractivity contribution in [3.05, 3.63) is 54.5 Å². The van der Waals surface area contributed by atoms with Gasteiger partial charge in [-0.1, -0.05) is 13.0 Å². The predicted molar refractivity (Wildman–Crippen MR) is 120 cm³/mol. The topological polar surface area (TPSA) is 76.8 Å². The van der Waals surface area contributed by atoms with Gasteiger partial charge in [-0.25, -0.2) is 4.72 Å². The van der Waals surface area contributed by atoms with Gasteiger partial charge in [-0.15, -0.1) is 0 Å². The number of carbonyl (C=O) groups is 1. The molecule has 4 rings (SSSR count). The molecule has 3 aromatic rings. The summed E-state index contributed by atoms with van der Waals surface area (Å²) in [5.74, 6) is 0.695. The van der Waals surface area contributed by atoms with Crippen LogP contribution in [0.5, 0.6) is 0 Å². The smallest absolute Gasteiger partial charge is 0.240 e. The van der Waals surface area contributed by atoms with E-state index in [-0.39, 0.29) is 11.9 Å². The van der Waals surface area contributed by atoms with Gasteiger partial charge in [0.15, 0.2) is 0 Å². The molecule has 1 aliphatic rings. The van der Waals surface area contributed by atoms with Crippen LogP contribution < -0.4 is 4.72 Å². The Labute approximate surface area is 181 Å². The molecule has 1 aromatic carbocycles. The molecule has 3 heterocycles. The fourth-order valence-corrected chi connectivity index (χ4v) is 5.02. The summed E-state index contributed by atoms with van der Waals surface area (Å²) in [5.41, 5.74) is 1.71. The van der Waals surface area contributed by atoms with Crippen LogP contribution in [0.2, 0.25) is 0 Å². The Hall–Kier alpha value is -2.69. The SMILES string of the molecule is CC1CCCN(C(=O)C(CCn2cccc2C#N)NSc2cccc3[nH]ccc23)C1. The van der Waals surface area contributed by atoms with Crippen LogP contribution in [0.1, 0.15) is 31.9 Å². The number of hydrogen-bond acceptors (Lipinski definition) is 4. The summed E-state index contributed by atoms with van der Waals surface area (Å²) in [7, 11) is 0. The third-order valence-electron chi connectivity index (χ3n) is 5.74. The van der Waals surface area contributed by atoms with Crippen molar-refractivity contribution in [1.29, 1.82) is 5.26 Å². The molecule has 7 heteroatoms. The summed E-state index contributed by atoms with van der Waals surface area (Å²) in [6.45, 7) is 4.48. The lowest BCUT2D eigenvalue weighted by atomic mass is 9.99. The highest BCUT2D eigenvalue weighted by atomic mass is 32.2. The van der Waals surface area contributed by atoms with Gasteiger partial charge < -0.3 is 14.5 Å². The van der Waals surface area contributed by atoms with Crippen molar-refractivity contribution in [2.24, 2.45) is 5.92 Å². The van der Waals surface area contributed by atoms with Crippen molar-refractivity contribution in [3.63, 3.8) is 0 Å². The fraction of sp³-hybridized carbons (Fsp3) is 0.391. The van der Waals surface area contributed by atoms with Crippen molar-refractivity contribution in [2.45, 2.75) is 43.7 Å². The van der Waals surface area contributed by atoms with Gasteiger partial charge in [-0.3, -0.25) is 4.79 Å². The van der Waals surface area contributed by atoms with Crippen molar-refractivity contribution in [3.8, 4) is 6.07 Å². The highest BCUT2D eigenvalue weighted by Gasteiger charge is 2.28. The zero-order valence-corrected chi connectivity index (χ0v) is 18.0. The third kappa shape index (κ3) is 4.55. The van der Waals surface area contributed by atoms with Crippen LogP contribution in [0.25, 0.3) is 10.9 Å². The largest absolute Gasteiger partial charge is 0.361 e. The van der Waals surface area contributed by atoms with Gasteiger partial charge >= 0.3 is 0 Å².